The van der Waals surface area contributed by atoms with Crippen molar-refractivity contribution < 1.29 is 37.0 Å². The summed E-state index contributed by atoms with van der Waals surface area (Å²) in [6, 6.07) is 11.9. The van der Waals surface area contributed by atoms with E-state index in [9.17, 15) is 32.3 Å². The fraction of sp³-hybridized carbons (Fsp3) is 0.400. The number of nitrogens with one attached hydrogen (secondary N) is 1. The smallest absolute Gasteiger partial charge is 0.418 e. The van der Waals surface area contributed by atoms with Crippen LogP contribution >= 0.6 is 23.1 Å². The number of alkyl halides is 3. The average molecular weight is 631 g/mol. The molecule has 1 saturated heterocycles. The molecule has 2 saturated carbocycles. The lowest BCUT2D eigenvalue weighted by atomic mass is 9.68. The molecule has 3 fully saturated rings. The van der Waals surface area contributed by atoms with Crippen LogP contribution in [0.25, 0.3) is 0 Å². The quantitative estimate of drug-likeness (QED) is 0.299. The number of imide groups is 1. The van der Waals surface area contributed by atoms with Crippen molar-refractivity contribution in [3.8, 4) is 5.75 Å². The summed E-state index contributed by atoms with van der Waals surface area (Å²) in [5.41, 5.74) is -0.623. The van der Waals surface area contributed by atoms with E-state index in [0.29, 0.717) is 17.2 Å². The second kappa shape index (κ2) is 10.3. The number of esters is 1. The van der Waals surface area contributed by atoms with E-state index in [1.54, 1.807) is 19.1 Å². The van der Waals surface area contributed by atoms with Gasteiger partial charge in [0.15, 0.2) is 6.61 Å². The van der Waals surface area contributed by atoms with Gasteiger partial charge in [0.1, 0.15) is 5.75 Å². The molecule has 3 heterocycles. The maximum Gasteiger partial charge on any atom is 0.418 e. The van der Waals surface area contributed by atoms with E-state index in [1.165, 1.54) is 30.0 Å². The van der Waals surface area contributed by atoms with Crippen LogP contribution in [-0.2, 0) is 25.3 Å². The Bertz CT molecular complexity index is 1700. The van der Waals surface area contributed by atoms with Crippen LogP contribution in [0.3, 0.4) is 0 Å². The number of ether oxygens (including phenoxy) is 2. The van der Waals surface area contributed by atoms with E-state index >= 15 is 0 Å². The molecule has 224 valence electrons. The van der Waals surface area contributed by atoms with Gasteiger partial charge < -0.3 is 14.5 Å². The minimum Gasteiger partial charge on any atom is -0.482 e. The number of anilines is 1. The number of halogens is 3. The first-order valence-corrected chi connectivity index (χ1v) is 15.6. The first-order valence-electron chi connectivity index (χ1n) is 13.9. The topological polar surface area (TPSA) is 106 Å². The lowest BCUT2D eigenvalue weighted by molar-refractivity contribution is -0.145. The highest BCUT2D eigenvalue weighted by molar-refractivity contribution is 8.00. The Labute approximate surface area is 251 Å². The van der Waals surface area contributed by atoms with Gasteiger partial charge >= 0.3 is 17.0 Å². The Kier molecular flexibility index (Phi) is 6.73. The third-order valence-electron chi connectivity index (χ3n) is 9.05. The van der Waals surface area contributed by atoms with Gasteiger partial charge in [0.05, 0.1) is 34.7 Å². The van der Waals surface area contributed by atoms with E-state index in [2.05, 4.69) is 4.98 Å². The van der Waals surface area contributed by atoms with Crippen LogP contribution in [0.4, 0.5) is 18.9 Å². The molecule has 2 bridgehead atoms. The fourth-order valence-electron chi connectivity index (χ4n) is 7.68. The first kappa shape index (κ1) is 28.2. The largest absolute Gasteiger partial charge is 0.482 e. The standard InChI is InChI=1S/C30H25F3N2O6S2/c1-2-40-19(36)12-41-14-7-5-6-13(10-14)20-21-15-11-16(24(21)42-26-25(20)43-29(39)34-26)23-22(15)27(37)35(28(23)38)18-9-4-3-8-17(18)30(31,32)33/h3-10,15-16,20-24H,2,11-12H2,1H3,(H,34,39)/t15-,16-,20+,21-,22+,23+,24-/m1/s1. The lowest BCUT2D eigenvalue weighted by Crippen LogP contribution is -2.42. The number of amides is 2. The number of carbonyl (C=O) groups excluding carboxylic acids is 3. The van der Waals surface area contributed by atoms with Crippen molar-refractivity contribution in [3.05, 3.63) is 74.2 Å². The molecule has 2 aromatic carbocycles. The van der Waals surface area contributed by atoms with Crippen molar-refractivity contribution in [2.45, 2.75) is 35.7 Å². The average Bonchev–Trinajstić information content (AvgIpc) is 3.70. The van der Waals surface area contributed by atoms with Gasteiger partial charge in [0.25, 0.3) is 0 Å². The Morgan fingerprint density at radius 2 is 1.79 bits per heavy atom. The molecule has 1 N–H and O–H groups in total. The number of fused-ring (bicyclic) bond motifs is 9. The normalized spacial score (nSPS) is 28.9. The van der Waals surface area contributed by atoms with Gasteiger partial charge in [-0.25, -0.2) is 9.69 Å². The summed E-state index contributed by atoms with van der Waals surface area (Å²) in [6.45, 7) is 1.66. The SMILES string of the molecule is CCOC(=O)COc1cccc([C@@H]2c3sc(=O)[nH]c3S[C@@H]3[C@@H]4C[C@@H]([C@@H]5C(=O)N(c6ccccc6C(F)(F)F)C(=O)[C@@H]45)[C@H]23)c1. The third-order valence-corrected chi connectivity index (χ3v) is 11.6. The Morgan fingerprint density at radius 3 is 2.53 bits per heavy atom. The first-order chi connectivity index (χ1) is 20.6. The number of benzene rings is 2. The monoisotopic (exact) mass is 630 g/mol. The number of rotatable bonds is 6. The summed E-state index contributed by atoms with van der Waals surface area (Å²) in [4.78, 5) is 56.3. The summed E-state index contributed by atoms with van der Waals surface area (Å²) in [7, 11) is 0. The second-order valence-electron chi connectivity index (χ2n) is 11.2. The zero-order valence-electron chi connectivity index (χ0n) is 22.6. The number of aromatic amines is 1. The highest BCUT2D eigenvalue weighted by Crippen LogP contribution is 2.69. The van der Waals surface area contributed by atoms with E-state index < -0.39 is 47.0 Å². The number of hydrogen-bond donors (Lipinski definition) is 1. The molecule has 2 aliphatic heterocycles. The van der Waals surface area contributed by atoms with Gasteiger partial charge in [-0.15, -0.1) is 11.8 Å². The zero-order valence-corrected chi connectivity index (χ0v) is 24.3. The van der Waals surface area contributed by atoms with Crippen LogP contribution < -0.4 is 14.5 Å². The van der Waals surface area contributed by atoms with Crippen LogP contribution in [0.1, 0.15) is 35.3 Å². The van der Waals surface area contributed by atoms with E-state index in [-0.39, 0.29) is 47.0 Å². The molecule has 1 aromatic heterocycles. The summed E-state index contributed by atoms with van der Waals surface area (Å²) in [5.74, 6) is -3.70. The highest BCUT2D eigenvalue weighted by atomic mass is 32.2. The maximum absolute atomic E-state index is 13.9. The molecule has 0 spiro atoms. The van der Waals surface area contributed by atoms with Crippen molar-refractivity contribution in [1.82, 2.24) is 4.98 Å². The molecule has 4 aliphatic rings. The predicted octanol–water partition coefficient (Wildman–Crippen LogP) is 5.08. The summed E-state index contributed by atoms with van der Waals surface area (Å²) in [6.07, 6.45) is -4.14. The number of thioether (sulfide) groups is 1. The number of nitrogens with zero attached hydrogens (tertiary/aromatic N) is 1. The molecule has 7 atom stereocenters. The zero-order chi connectivity index (χ0) is 30.2. The Morgan fingerprint density at radius 1 is 1.05 bits per heavy atom. The predicted molar refractivity (Wildman–Crippen MR) is 151 cm³/mol. The van der Waals surface area contributed by atoms with Gasteiger partial charge in [-0.05, 0) is 60.9 Å². The van der Waals surface area contributed by atoms with E-state index in [4.69, 9.17) is 9.47 Å². The van der Waals surface area contributed by atoms with Gasteiger partial charge in [-0.2, -0.15) is 13.2 Å². The molecule has 3 aromatic rings. The van der Waals surface area contributed by atoms with Gasteiger partial charge in [0, 0.05) is 16.0 Å². The number of para-hydroxylation sites is 1. The maximum atomic E-state index is 13.9. The summed E-state index contributed by atoms with van der Waals surface area (Å²) < 4.78 is 52.3. The van der Waals surface area contributed by atoms with Crippen LogP contribution in [-0.4, -0.2) is 41.2 Å². The molecular weight excluding hydrogens is 605 g/mol. The molecule has 43 heavy (non-hydrogen) atoms. The van der Waals surface area contributed by atoms with Gasteiger partial charge in [-0.1, -0.05) is 35.6 Å². The van der Waals surface area contributed by atoms with Crippen LogP contribution in [0.15, 0.2) is 58.4 Å². The molecular formula is C30H25F3N2O6S2. The molecule has 2 aliphatic carbocycles. The third kappa shape index (κ3) is 4.42. The molecule has 0 unspecified atom stereocenters. The Balaban J connectivity index is 1.26. The highest BCUT2D eigenvalue weighted by Gasteiger charge is 2.70. The van der Waals surface area contributed by atoms with Crippen molar-refractivity contribution in [1.29, 1.82) is 0 Å². The van der Waals surface area contributed by atoms with Crippen molar-refractivity contribution in [2.24, 2.45) is 29.6 Å². The Hall–Kier alpha value is -3.58. The van der Waals surface area contributed by atoms with Crippen molar-refractivity contribution in [2.75, 3.05) is 18.1 Å². The minimum absolute atomic E-state index is 0.132. The number of thiazole rings is 1. The van der Waals surface area contributed by atoms with Crippen LogP contribution in [0.2, 0.25) is 0 Å². The van der Waals surface area contributed by atoms with Crippen molar-refractivity contribution in [3.63, 3.8) is 0 Å². The molecule has 13 heteroatoms. The molecule has 8 nitrogen and oxygen atoms in total. The van der Waals surface area contributed by atoms with E-state index in [0.717, 1.165) is 32.7 Å². The number of aromatic nitrogens is 1. The van der Waals surface area contributed by atoms with Crippen LogP contribution in [0, 0.1) is 29.6 Å². The van der Waals surface area contributed by atoms with Gasteiger partial charge in [-0.3, -0.25) is 14.4 Å². The molecule has 0 radical (unpaired) electrons. The lowest BCUT2D eigenvalue weighted by Gasteiger charge is -2.43. The number of H-pyrrole nitrogens is 1. The summed E-state index contributed by atoms with van der Waals surface area (Å²) in [5, 5.41) is 0.576. The van der Waals surface area contributed by atoms with Crippen LogP contribution in [0.5, 0.6) is 5.75 Å². The fourth-order valence-corrected chi connectivity index (χ4v) is 10.6. The van der Waals surface area contributed by atoms with Crippen molar-refractivity contribution >= 4 is 46.6 Å². The molecule has 7 rings (SSSR count). The minimum atomic E-state index is -4.73. The number of hydrogen-bond acceptors (Lipinski definition) is 8. The molecule has 2 amide bonds. The number of carbonyl (C=O) groups is 3. The van der Waals surface area contributed by atoms with E-state index in [1.807, 2.05) is 12.1 Å². The summed E-state index contributed by atoms with van der Waals surface area (Å²) >= 11 is 2.59. The van der Waals surface area contributed by atoms with Gasteiger partial charge in [0.2, 0.25) is 11.8 Å². The second-order valence-corrected chi connectivity index (χ2v) is 13.4.